The summed E-state index contributed by atoms with van der Waals surface area (Å²) in [5, 5.41) is 3.86. The predicted octanol–water partition coefficient (Wildman–Crippen LogP) is 3.47. The largest absolute Gasteiger partial charge is 0.310 e. The summed E-state index contributed by atoms with van der Waals surface area (Å²) in [5.41, 5.74) is 1.13. The van der Waals surface area contributed by atoms with Crippen LogP contribution in [0, 0.1) is 5.82 Å². The zero-order valence-corrected chi connectivity index (χ0v) is 10.0. The van der Waals surface area contributed by atoms with E-state index in [1.54, 1.807) is 0 Å². The van der Waals surface area contributed by atoms with E-state index in [0.717, 1.165) is 37.8 Å². The van der Waals surface area contributed by atoms with E-state index >= 15 is 0 Å². The summed E-state index contributed by atoms with van der Waals surface area (Å²) in [4.78, 5) is 0. The molecule has 1 aliphatic carbocycles. The van der Waals surface area contributed by atoms with Crippen LogP contribution < -0.4 is 5.32 Å². The average Bonchev–Trinajstić information content (AvgIpc) is 2.30. The maximum Gasteiger partial charge on any atom is 0.123 e. The zero-order chi connectivity index (χ0) is 11.4. The van der Waals surface area contributed by atoms with E-state index in [9.17, 15) is 4.39 Å². The fourth-order valence-electron chi connectivity index (χ4n) is 2.12. The standard InChI is InChI=1S/C13H17ClFN/c14-11-3-7-13(8-4-11)16-9-10-1-5-12(15)6-2-10/h1-2,5-6,11,13,16H,3-4,7-9H2. The van der Waals surface area contributed by atoms with Crippen molar-refractivity contribution < 1.29 is 4.39 Å². The Morgan fingerprint density at radius 1 is 1.12 bits per heavy atom. The Morgan fingerprint density at radius 2 is 1.75 bits per heavy atom. The number of nitrogens with one attached hydrogen (secondary N) is 1. The van der Waals surface area contributed by atoms with Crippen LogP contribution in [0.15, 0.2) is 24.3 Å². The fourth-order valence-corrected chi connectivity index (χ4v) is 2.37. The first-order chi connectivity index (χ1) is 7.74. The summed E-state index contributed by atoms with van der Waals surface area (Å²) < 4.78 is 12.7. The summed E-state index contributed by atoms with van der Waals surface area (Å²) in [6.07, 6.45) is 4.50. The Morgan fingerprint density at radius 3 is 2.38 bits per heavy atom. The second-order valence-electron chi connectivity index (χ2n) is 4.46. The molecule has 0 radical (unpaired) electrons. The van der Waals surface area contributed by atoms with Crippen molar-refractivity contribution in [3.63, 3.8) is 0 Å². The number of halogens is 2. The van der Waals surface area contributed by atoms with E-state index in [1.807, 2.05) is 12.1 Å². The maximum atomic E-state index is 12.7. The maximum absolute atomic E-state index is 12.7. The Kier molecular flexibility index (Phi) is 4.19. The summed E-state index contributed by atoms with van der Waals surface area (Å²) in [5.74, 6) is -0.175. The highest BCUT2D eigenvalue weighted by atomic mass is 35.5. The van der Waals surface area contributed by atoms with Gasteiger partial charge in [-0.25, -0.2) is 4.39 Å². The van der Waals surface area contributed by atoms with Gasteiger partial charge < -0.3 is 5.32 Å². The van der Waals surface area contributed by atoms with Crippen LogP contribution in [0.3, 0.4) is 0 Å². The molecule has 1 aliphatic rings. The molecule has 0 atom stereocenters. The molecule has 0 heterocycles. The van der Waals surface area contributed by atoms with Gasteiger partial charge in [0.2, 0.25) is 0 Å². The van der Waals surface area contributed by atoms with Crippen LogP contribution >= 0.6 is 11.6 Å². The van der Waals surface area contributed by atoms with Gasteiger partial charge >= 0.3 is 0 Å². The van der Waals surface area contributed by atoms with E-state index in [4.69, 9.17) is 11.6 Å². The highest BCUT2D eigenvalue weighted by Crippen LogP contribution is 2.22. The topological polar surface area (TPSA) is 12.0 Å². The Hall–Kier alpha value is -0.600. The van der Waals surface area contributed by atoms with Gasteiger partial charge in [0.05, 0.1) is 0 Å². The van der Waals surface area contributed by atoms with Crippen molar-refractivity contribution in [3.05, 3.63) is 35.6 Å². The first kappa shape index (κ1) is 11.9. The lowest BCUT2D eigenvalue weighted by Crippen LogP contribution is -2.32. The minimum absolute atomic E-state index is 0.175. The summed E-state index contributed by atoms with van der Waals surface area (Å²) in [7, 11) is 0. The van der Waals surface area contributed by atoms with Crippen molar-refractivity contribution in [1.82, 2.24) is 5.32 Å². The predicted molar refractivity (Wildman–Crippen MR) is 65.1 cm³/mol. The van der Waals surface area contributed by atoms with Crippen molar-refractivity contribution in [2.24, 2.45) is 0 Å². The van der Waals surface area contributed by atoms with Gasteiger partial charge in [-0.15, -0.1) is 11.6 Å². The molecule has 0 bridgehead atoms. The first-order valence-electron chi connectivity index (χ1n) is 5.86. The van der Waals surface area contributed by atoms with Gasteiger partial charge in [-0.05, 0) is 43.4 Å². The Labute approximate surface area is 101 Å². The third kappa shape index (κ3) is 3.46. The minimum Gasteiger partial charge on any atom is -0.310 e. The average molecular weight is 242 g/mol. The molecule has 0 aliphatic heterocycles. The highest BCUT2D eigenvalue weighted by Gasteiger charge is 2.18. The number of hydrogen-bond acceptors (Lipinski definition) is 1. The number of rotatable bonds is 3. The molecule has 1 N–H and O–H groups in total. The molecule has 1 aromatic rings. The molecule has 0 unspecified atom stereocenters. The normalized spacial score (nSPS) is 25.6. The molecule has 88 valence electrons. The van der Waals surface area contributed by atoms with Crippen LogP contribution in [0.2, 0.25) is 0 Å². The fraction of sp³-hybridized carbons (Fsp3) is 0.538. The highest BCUT2D eigenvalue weighted by molar-refractivity contribution is 6.20. The van der Waals surface area contributed by atoms with Crippen molar-refractivity contribution in [1.29, 1.82) is 0 Å². The van der Waals surface area contributed by atoms with Crippen molar-refractivity contribution >= 4 is 11.6 Å². The molecule has 0 aromatic heterocycles. The molecule has 2 rings (SSSR count). The van der Waals surface area contributed by atoms with Gasteiger partial charge in [0.1, 0.15) is 5.82 Å². The molecule has 0 spiro atoms. The smallest absolute Gasteiger partial charge is 0.123 e. The van der Waals surface area contributed by atoms with E-state index in [2.05, 4.69) is 5.32 Å². The third-order valence-electron chi connectivity index (χ3n) is 3.16. The van der Waals surface area contributed by atoms with Crippen molar-refractivity contribution in [3.8, 4) is 0 Å². The molecule has 0 amide bonds. The van der Waals surface area contributed by atoms with Gasteiger partial charge in [-0.2, -0.15) is 0 Å². The number of alkyl halides is 1. The SMILES string of the molecule is Fc1ccc(CNC2CCC(Cl)CC2)cc1. The Balaban J connectivity index is 1.77. The molecule has 1 nitrogen and oxygen atoms in total. The molecule has 16 heavy (non-hydrogen) atoms. The van der Waals surface area contributed by atoms with Gasteiger partial charge in [0.15, 0.2) is 0 Å². The van der Waals surface area contributed by atoms with E-state index in [0.29, 0.717) is 11.4 Å². The second-order valence-corrected chi connectivity index (χ2v) is 5.07. The van der Waals surface area contributed by atoms with Crippen LogP contribution in [0.4, 0.5) is 4.39 Å². The molecule has 1 fully saturated rings. The molecule has 1 aromatic carbocycles. The van der Waals surface area contributed by atoms with Crippen LogP contribution in [0.5, 0.6) is 0 Å². The van der Waals surface area contributed by atoms with Gasteiger partial charge in [-0.1, -0.05) is 12.1 Å². The Bertz CT molecular complexity index is 317. The second kappa shape index (κ2) is 5.65. The lowest BCUT2D eigenvalue weighted by Gasteiger charge is -2.25. The van der Waals surface area contributed by atoms with Crippen molar-refractivity contribution in [2.45, 2.75) is 43.6 Å². The van der Waals surface area contributed by atoms with E-state index in [1.165, 1.54) is 12.1 Å². The van der Waals surface area contributed by atoms with E-state index < -0.39 is 0 Å². The van der Waals surface area contributed by atoms with Crippen LogP contribution in [-0.4, -0.2) is 11.4 Å². The lowest BCUT2D eigenvalue weighted by atomic mass is 9.95. The van der Waals surface area contributed by atoms with Crippen LogP contribution in [0.25, 0.3) is 0 Å². The monoisotopic (exact) mass is 241 g/mol. The van der Waals surface area contributed by atoms with Gasteiger partial charge in [0.25, 0.3) is 0 Å². The summed E-state index contributed by atoms with van der Waals surface area (Å²) >= 11 is 6.05. The quantitative estimate of drug-likeness (QED) is 0.800. The summed E-state index contributed by atoms with van der Waals surface area (Å²) in [6, 6.07) is 7.24. The van der Waals surface area contributed by atoms with Gasteiger partial charge in [0, 0.05) is 18.0 Å². The van der Waals surface area contributed by atoms with Crippen LogP contribution in [-0.2, 0) is 6.54 Å². The number of hydrogen-bond donors (Lipinski definition) is 1. The molecular formula is C13H17ClFN. The molecule has 1 saturated carbocycles. The molecular weight excluding hydrogens is 225 g/mol. The zero-order valence-electron chi connectivity index (χ0n) is 9.26. The summed E-state index contributed by atoms with van der Waals surface area (Å²) in [6.45, 7) is 0.817. The van der Waals surface area contributed by atoms with Crippen LogP contribution in [0.1, 0.15) is 31.2 Å². The first-order valence-corrected chi connectivity index (χ1v) is 6.29. The third-order valence-corrected chi connectivity index (χ3v) is 3.60. The molecule has 3 heteroatoms. The van der Waals surface area contributed by atoms with E-state index in [-0.39, 0.29) is 5.82 Å². The number of benzene rings is 1. The molecule has 0 saturated heterocycles. The van der Waals surface area contributed by atoms with Crippen molar-refractivity contribution in [2.75, 3.05) is 0 Å². The minimum atomic E-state index is -0.175. The van der Waals surface area contributed by atoms with Gasteiger partial charge in [-0.3, -0.25) is 0 Å². The lowest BCUT2D eigenvalue weighted by molar-refractivity contribution is 0.376.